The minimum absolute atomic E-state index is 0.0123. The summed E-state index contributed by atoms with van der Waals surface area (Å²) in [5.41, 5.74) is 3.70. The molecule has 2 aromatic carbocycles. The number of amides is 1. The number of nitrogens with one attached hydrogen (secondary N) is 1. The van der Waals surface area contributed by atoms with E-state index in [1.807, 2.05) is 18.2 Å². The Morgan fingerprint density at radius 2 is 2.14 bits per heavy atom. The van der Waals surface area contributed by atoms with E-state index in [-0.39, 0.29) is 11.8 Å². The van der Waals surface area contributed by atoms with Crippen molar-refractivity contribution in [2.75, 3.05) is 18.4 Å². The van der Waals surface area contributed by atoms with E-state index in [4.69, 9.17) is 11.6 Å². The molecule has 1 aromatic heterocycles. The van der Waals surface area contributed by atoms with Crippen molar-refractivity contribution in [3.63, 3.8) is 0 Å². The lowest BCUT2D eigenvalue weighted by molar-refractivity contribution is -0.121. The molecule has 1 N–H and O–H groups in total. The van der Waals surface area contributed by atoms with Gasteiger partial charge in [0.15, 0.2) is 4.34 Å². The molecule has 150 valence electrons. The van der Waals surface area contributed by atoms with Gasteiger partial charge < -0.3 is 5.32 Å². The summed E-state index contributed by atoms with van der Waals surface area (Å²) in [6.07, 6.45) is 1.94. The van der Waals surface area contributed by atoms with Crippen LogP contribution in [0.5, 0.6) is 0 Å². The molecular formula is C21H21ClN4OS2. The van der Waals surface area contributed by atoms with Gasteiger partial charge in [0, 0.05) is 23.7 Å². The van der Waals surface area contributed by atoms with Crippen LogP contribution in [0.4, 0.5) is 5.69 Å². The van der Waals surface area contributed by atoms with Crippen molar-refractivity contribution < 1.29 is 4.79 Å². The van der Waals surface area contributed by atoms with Gasteiger partial charge in [-0.1, -0.05) is 65.0 Å². The molecule has 1 saturated heterocycles. The van der Waals surface area contributed by atoms with Crippen LogP contribution in [0.15, 0.2) is 63.3 Å². The number of benzene rings is 2. The maximum atomic E-state index is 12.8. The average molecular weight is 445 g/mol. The minimum atomic E-state index is -0.0123. The van der Waals surface area contributed by atoms with Gasteiger partial charge in [-0.3, -0.25) is 9.69 Å². The maximum Gasteiger partial charge on any atom is 0.228 e. The fourth-order valence-electron chi connectivity index (χ4n) is 3.46. The maximum absolute atomic E-state index is 12.8. The number of nitrogens with zero attached hydrogens (tertiary/aromatic N) is 3. The van der Waals surface area contributed by atoms with Gasteiger partial charge in [-0.15, -0.1) is 10.2 Å². The standard InChI is InChI=1S/C21H21ClN4OS2/c22-18-11-17(8-9-19(18)29-21-25-23-14-28-21)24-20(27)16-7-4-10-26(13-16)12-15-5-2-1-3-6-15/h1-3,5-6,8-9,11,14,16H,4,7,10,12-13H2,(H,24,27). The third kappa shape index (κ3) is 5.57. The van der Waals surface area contributed by atoms with Crippen LogP contribution in [0.1, 0.15) is 18.4 Å². The smallest absolute Gasteiger partial charge is 0.228 e. The fraction of sp³-hybridized carbons (Fsp3) is 0.286. The number of aromatic nitrogens is 2. The van der Waals surface area contributed by atoms with E-state index in [0.29, 0.717) is 5.02 Å². The van der Waals surface area contributed by atoms with Gasteiger partial charge in [0.2, 0.25) is 5.91 Å². The molecule has 3 aromatic rings. The van der Waals surface area contributed by atoms with Gasteiger partial charge in [0.1, 0.15) is 5.51 Å². The molecule has 1 aliphatic rings. The summed E-state index contributed by atoms with van der Waals surface area (Å²) in [5.74, 6) is 0.0463. The SMILES string of the molecule is O=C(Nc1ccc(Sc2nncs2)c(Cl)c1)C1CCCN(Cc2ccccc2)C1. The molecule has 0 bridgehead atoms. The van der Waals surface area contributed by atoms with Gasteiger partial charge in [0.05, 0.1) is 10.9 Å². The average Bonchev–Trinajstić information content (AvgIpc) is 3.24. The zero-order chi connectivity index (χ0) is 20.1. The number of hydrogen-bond donors (Lipinski definition) is 1. The topological polar surface area (TPSA) is 58.1 Å². The van der Waals surface area contributed by atoms with Crippen molar-refractivity contribution in [1.82, 2.24) is 15.1 Å². The third-order valence-corrected chi connectivity index (χ3v) is 7.14. The molecule has 0 radical (unpaired) electrons. The fourth-order valence-corrected chi connectivity index (χ4v) is 5.20. The van der Waals surface area contributed by atoms with E-state index in [1.54, 1.807) is 11.6 Å². The Morgan fingerprint density at radius 1 is 1.28 bits per heavy atom. The van der Waals surface area contributed by atoms with E-state index in [1.165, 1.54) is 28.7 Å². The molecule has 0 spiro atoms. The predicted molar refractivity (Wildman–Crippen MR) is 119 cm³/mol. The molecule has 1 fully saturated rings. The summed E-state index contributed by atoms with van der Waals surface area (Å²) in [6, 6.07) is 16.0. The normalized spacial score (nSPS) is 17.2. The second-order valence-electron chi connectivity index (χ2n) is 7.00. The Morgan fingerprint density at radius 3 is 2.90 bits per heavy atom. The molecule has 0 saturated carbocycles. The number of anilines is 1. The van der Waals surface area contributed by atoms with Crippen molar-refractivity contribution in [1.29, 1.82) is 0 Å². The zero-order valence-corrected chi connectivity index (χ0v) is 18.1. The molecule has 4 rings (SSSR count). The van der Waals surface area contributed by atoms with Crippen molar-refractivity contribution >= 4 is 46.3 Å². The van der Waals surface area contributed by atoms with Crippen LogP contribution in [0.3, 0.4) is 0 Å². The number of carbonyl (C=O) groups excluding carboxylic acids is 1. The number of rotatable bonds is 6. The van der Waals surface area contributed by atoms with E-state index in [9.17, 15) is 4.79 Å². The molecule has 2 heterocycles. The van der Waals surface area contributed by atoms with Crippen LogP contribution >= 0.6 is 34.7 Å². The van der Waals surface area contributed by atoms with Gasteiger partial charge in [-0.2, -0.15) is 0 Å². The van der Waals surface area contributed by atoms with Crippen molar-refractivity contribution in [3.05, 3.63) is 64.6 Å². The van der Waals surface area contributed by atoms with Gasteiger partial charge in [0.25, 0.3) is 0 Å². The largest absolute Gasteiger partial charge is 0.326 e. The second kappa shape index (κ2) is 9.71. The first kappa shape index (κ1) is 20.3. The molecular weight excluding hydrogens is 424 g/mol. The Hall–Kier alpha value is -1.93. The highest BCUT2D eigenvalue weighted by atomic mass is 35.5. The Balaban J connectivity index is 1.35. The lowest BCUT2D eigenvalue weighted by Gasteiger charge is -2.32. The highest BCUT2D eigenvalue weighted by Crippen LogP contribution is 2.35. The van der Waals surface area contributed by atoms with E-state index in [2.05, 4.69) is 44.7 Å². The third-order valence-electron chi connectivity index (χ3n) is 4.86. The van der Waals surface area contributed by atoms with Gasteiger partial charge >= 0.3 is 0 Å². The number of hydrogen-bond acceptors (Lipinski definition) is 6. The molecule has 1 unspecified atom stereocenters. The summed E-state index contributed by atoms with van der Waals surface area (Å²) in [5, 5.41) is 11.5. The highest BCUT2D eigenvalue weighted by Gasteiger charge is 2.26. The molecule has 1 aliphatic heterocycles. The van der Waals surface area contributed by atoms with E-state index in [0.717, 1.165) is 47.4 Å². The lowest BCUT2D eigenvalue weighted by Crippen LogP contribution is -2.40. The number of likely N-dealkylation sites (tertiary alicyclic amines) is 1. The Kier molecular flexibility index (Phi) is 6.82. The Bertz CT molecular complexity index is 953. The van der Waals surface area contributed by atoms with Crippen molar-refractivity contribution in [2.24, 2.45) is 5.92 Å². The molecule has 0 aliphatic carbocycles. The molecule has 5 nitrogen and oxygen atoms in total. The zero-order valence-electron chi connectivity index (χ0n) is 15.8. The quantitative estimate of drug-likeness (QED) is 0.566. The number of halogens is 1. The van der Waals surface area contributed by atoms with Crippen LogP contribution in [0, 0.1) is 5.92 Å². The number of carbonyl (C=O) groups is 1. The summed E-state index contributed by atoms with van der Waals surface area (Å²) < 4.78 is 0.837. The molecule has 8 heteroatoms. The summed E-state index contributed by atoms with van der Waals surface area (Å²) in [6.45, 7) is 2.69. The summed E-state index contributed by atoms with van der Waals surface area (Å²) in [4.78, 5) is 16.1. The first-order valence-corrected chi connectivity index (χ1v) is 11.6. The van der Waals surface area contributed by atoms with Crippen LogP contribution in [-0.2, 0) is 11.3 Å². The monoisotopic (exact) mass is 444 g/mol. The van der Waals surface area contributed by atoms with Crippen LogP contribution in [0.2, 0.25) is 5.02 Å². The van der Waals surface area contributed by atoms with Crippen LogP contribution in [0.25, 0.3) is 0 Å². The van der Waals surface area contributed by atoms with Gasteiger partial charge in [-0.25, -0.2) is 0 Å². The Labute approximate surface area is 183 Å². The number of piperidine rings is 1. The summed E-state index contributed by atoms with van der Waals surface area (Å²) >= 11 is 9.34. The van der Waals surface area contributed by atoms with E-state index < -0.39 is 0 Å². The van der Waals surface area contributed by atoms with Crippen LogP contribution in [-0.4, -0.2) is 34.1 Å². The lowest BCUT2D eigenvalue weighted by atomic mass is 9.96. The predicted octanol–water partition coefficient (Wildman–Crippen LogP) is 5.19. The highest BCUT2D eigenvalue weighted by molar-refractivity contribution is 8.01. The van der Waals surface area contributed by atoms with Crippen molar-refractivity contribution in [3.8, 4) is 0 Å². The first-order chi connectivity index (χ1) is 14.2. The molecule has 1 atom stereocenters. The second-order valence-corrected chi connectivity index (χ2v) is 9.53. The van der Waals surface area contributed by atoms with Crippen molar-refractivity contribution in [2.45, 2.75) is 28.6 Å². The minimum Gasteiger partial charge on any atom is -0.326 e. The molecule has 29 heavy (non-hydrogen) atoms. The first-order valence-electron chi connectivity index (χ1n) is 9.48. The molecule has 1 amide bonds. The van der Waals surface area contributed by atoms with Gasteiger partial charge in [-0.05, 0) is 43.1 Å². The van der Waals surface area contributed by atoms with E-state index >= 15 is 0 Å². The summed E-state index contributed by atoms with van der Waals surface area (Å²) in [7, 11) is 0. The van der Waals surface area contributed by atoms with Crippen LogP contribution < -0.4 is 5.32 Å².